The molecule has 17 heavy (non-hydrogen) atoms. The number of halogens is 1. The molecule has 0 radical (unpaired) electrons. The van der Waals surface area contributed by atoms with Crippen molar-refractivity contribution in [1.82, 2.24) is 9.97 Å². The Kier molecular flexibility index (Phi) is 3.26. The van der Waals surface area contributed by atoms with Crippen LogP contribution in [-0.4, -0.2) is 17.0 Å². The zero-order valence-electron chi connectivity index (χ0n) is 9.68. The summed E-state index contributed by atoms with van der Waals surface area (Å²) < 4.78 is 0. The maximum Gasteiger partial charge on any atom is 0.161 e. The summed E-state index contributed by atoms with van der Waals surface area (Å²) in [6.45, 7) is 1.92. The van der Waals surface area contributed by atoms with E-state index in [-0.39, 0.29) is 0 Å². The smallest absolute Gasteiger partial charge is 0.161 e. The van der Waals surface area contributed by atoms with Crippen molar-refractivity contribution in [3.8, 4) is 11.1 Å². The van der Waals surface area contributed by atoms with E-state index in [0.717, 1.165) is 16.8 Å². The average molecular weight is 249 g/mol. The summed E-state index contributed by atoms with van der Waals surface area (Å²) in [6.07, 6.45) is 3.52. The predicted octanol–water partition coefficient (Wildman–Crippen LogP) is 2.42. The van der Waals surface area contributed by atoms with Crippen LogP contribution in [-0.2, 0) is 0 Å². The second kappa shape index (κ2) is 4.69. The summed E-state index contributed by atoms with van der Waals surface area (Å²) in [6, 6.07) is 5.71. The molecule has 0 aliphatic rings. The second-order valence-electron chi connectivity index (χ2n) is 3.78. The first kappa shape index (κ1) is 11.8. The lowest BCUT2D eigenvalue weighted by Crippen LogP contribution is -2.26. The first-order chi connectivity index (χ1) is 8.09. The Morgan fingerprint density at radius 1 is 1.41 bits per heavy atom. The van der Waals surface area contributed by atoms with Crippen molar-refractivity contribution in [2.24, 2.45) is 5.84 Å². The fourth-order valence-electron chi connectivity index (χ4n) is 1.63. The third-order valence-electron chi connectivity index (χ3n) is 2.45. The van der Waals surface area contributed by atoms with Gasteiger partial charge in [0.2, 0.25) is 0 Å². The van der Waals surface area contributed by atoms with Crippen molar-refractivity contribution in [1.29, 1.82) is 0 Å². The Bertz CT molecular complexity index is 526. The molecule has 0 atom stereocenters. The molecule has 88 valence electrons. The lowest BCUT2D eigenvalue weighted by atomic mass is 10.1. The van der Waals surface area contributed by atoms with Gasteiger partial charge in [0.25, 0.3) is 0 Å². The van der Waals surface area contributed by atoms with Crippen molar-refractivity contribution >= 4 is 17.4 Å². The molecule has 2 N–H and O–H groups in total. The number of pyridine rings is 2. The molecule has 0 amide bonds. The van der Waals surface area contributed by atoms with Crippen LogP contribution < -0.4 is 10.9 Å². The molecule has 2 aromatic heterocycles. The van der Waals surface area contributed by atoms with E-state index in [1.165, 1.54) is 5.01 Å². The van der Waals surface area contributed by atoms with Crippen LogP contribution in [0.5, 0.6) is 0 Å². The molecule has 0 fully saturated rings. The quantitative estimate of drug-likeness (QED) is 0.655. The Balaban J connectivity index is 2.55. The molecular formula is C12H13ClN4. The number of anilines is 1. The van der Waals surface area contributed by atoms with Gasteiger partial charge in [-0.3, -0.25) is 9.99 Å². The van der Waals surface area contributed by atoms with E-state index >= 15 is 0 Å². The van der Waals surface area contributed by atoms with E-state index in [4.69, 9.17) is 17.4 Å². The highest BCUT2D eigenvalue weighted by molar-refractivity contribution is 6.33. The van der Waals surface area contributed by atoms with Gasteiger partial charge in [-0.05, 0) is 19.1 Å². The molecular weight excluding hydrogens is 236 g/mol. The fraction of sp³-hybridized carbons (Fsp3) is 0.167. The molecule has 0 saturated carbocycles. The molecule has 5 heteroatoms. The fourth-order valence-corrected chi connectivity index (χ4v) is 1.91. The van der Waals surface area contributed by atoms with Crippen LogP contribution >= 0.6 is 11.6 Å². The minimum atomic E-state index is 0.527. The number of nitrogens with zero attached hydrogens (tertiary/aromatic N) is 3. The molecule has 2 rings (SSSR count). The van der Waals surface area contributed by atoms with E-state index in [9.17, 15) is 0 Å². The largest absolute Gasteiger partial charge is 0.297 e. The summed E-state index contributed by atoms with van der Waals surface area (Å²) in [5.74, 6) is 6.21. The highest BCUT2D eigenvalue weighted by Gasteiger charge is 2.10. The van der Waals surface area contributed by atoms with E-state index in [1.807, 2.05) is 25.1 Å². The molecule has 0 spiro atoms. The highest BCUT2D eigenvalue weighted by Crippen LogP contribution is 2.29. The zero-order chi connectivity index (χ0) is 12.4. The van der Waals surface area contributed by atoms with Crippen molar-refractivity contribution in [2.75, 3.05) is 12.1 Å². The Hall–Kier alpha value is -1.65. The van der Waals surface area contributed by atoms with Crippen LogP contribution in [0.3, 0.4) is 0 Å². The summed E-state index contributed by atoms with van der Waals surface area (Å²) in [5, 5.41) is 1.93. The SMILES string of the molecule is Cc1nc(N(C)N)c(Cl)cc1-c1cccnc1. The van der Waals surface area contributed by atoms with E-state index in [1.54, 1.807) is 19.4 Å². The third kappa shape index (κ3) is 2.38. The van der Waals surface area contributed by atoms with Crippen molar-refractivity contribution in [2.45, 2.75) is 6.92 Å². The molecule has 0 bridgehead atoms. The highest BCUT2D eigenvalue weighted by atomic mass is 35.5. The first-order valence-corrected chi connectivity index (χ1v) is 5.53. The molecule has 0 aliphatic carbocycles. The lowest BCUT2D eigenvalue weighted by Gasteiger charge is -2.15. The van der Waals surface area contributed by atoms with Crippen LogP contribution in [0.1, 0.15) is 5.69 Å². The van der Waals surface area contributed by atoms with Gasteiger partial charge in [0.1, 0.15) is 0 Å². The maximum absolute atomic E-state index is 6.14. The van der Waals surface area contributed by atoms with Crippen LogP contribution in [0.15, 0.2) is 30.6 Å². The molecule has 4 nitrogen and oxygen atoms in total. The maximum atomic E-state index is 6.14. The van der Waals surface area contributed by atoms with Gasteiger partial charge in [-0.2, -0.15) is 0 Å². The molecule has 2 heterocycles. The van der Waals surface area contributed by atoms with Crippen molar-refractivity contribution in [3.63, 3.8) is 0 Å². The summed E-state index contributed by atoms with van der Waals surface area (Å²) in [5.41, 5.74) is 2.83. The minimum Gasteiger partial charge on any atom is -0.297 e. The number of hydrazine groups is 1. The van der Waals surface area contributed by atoms with E-state index in [0.29, 0.717) is 10.8 Å². The number of nitrogens with two attached hydrogens (primary N) is 1. The standard InChI is InChI=1S/C12H13ClN4/c1-8-10(9-4-3-5-15-7-9)6-11(13)12(16-8)17(2)14/h3-7H,14H2,1-2H3. The molecule has 0 aromatic carbocycles. The molecule has 0 saturated heterocycles. The second-order valence-corrected chi connectivity index (χ2v) is 4.19. The predicted molar refractivity (Wildman–Crippen MR) is 69.8 cm³/mol. The summed E-state index contributed by atoms with van der Waals surface area (Å²) >= 11 is 6.14. The van der Waals surface area contributed by atoms with Gasteiger partial charge in [0.15, 0.2) is 5.82 Å². The minimum absolute atomic E-state index is 0.527. The van der Waals surface area contributed by atoms with Gasteiger partial charge in [-0.15, -0.1) is 0 Å². The van der Waals surface area contributed by atoms with Gasteiger partial charge in [0.05, 0.1) is 5.02 Å². The Morgan fingerprint density at radius 3 is 2.76 bits per heavy atom. The normalized spacial score (nSPS) is 10.4. The number of hydrogen-bond donors (Lipinski definition) is 1. The average Bonchev–Trinajstić information content (AvgIpc) is 2.32. The molecule has 2 aromatic rings. The Morgan fingerprint density at radius 2 is 2.18 bits per heavy atom. The number of aromatic nitrogens is 2. The van der Waals surface area contributed by atoms with Crippen LogP contribution in [0.4, 0.5) is 5.82 Å². The van der Waals surface area contributed by atoms with E-state index < -0.39 is 0 Å². The van der Waals surface area contributed by atoms with Crippen molar-refractivity contribution in [3.05, 3.63) is 41.3 Å². The zero-order valence-corrected chi connectivity index (χ0v) is 10.4. The van der Waals surface area contributed by atoms with Gasteiger partial charge in [0, 0.05) is 36.3 Å². The van der Waals surface area contributed by atoms with E-state index in [2.05, 4.69) is 9.97 Å². The van der Waals surface area contributed by atoms with Crippen LogP contribution in [0.2, 0.25) is 5.02 Å². The monoisotopic (exact) mass is 248 g/mol. The number of aryl methyl sites for hydroxylation is 1. The van der Waals surface area contributed by atoms with Gasteiger partial charge >= 0.3 is 0 Å². The Labute approximate surface area is 105 Å². The topological polar surface area (TPSA) is 55.0 Å². The first-order valence-electron chi connectivity index (χ1n) is 5.15. The molecule has 0 unspecified atom stereocenters. The summed E-state index contributed by atoms with van der Waals surface area (Å²) in [7, 11) is 1.71. The number of rotatable bonds is 2. The van der Waals surface area contributed by atoms with Gasteiger partial charge in [-0.25, -0.2) is 10.8 Å². The lowest BCUT2D eigenvalue weighted by molar-refractivity contribution is 0.967. The van der Waals surface area contributed by atoms with Crippen LogP contribution in [0, 0.1) is 6.92 Å². The summed E-state index contributed by atoms with van der Waals surface area (Å²) in [4.78, 5) is 8.47. The number of hydrogen-bond acceptors (Lipinski definition) is 4. The van der Waals surface area contributed by atoms with Gasteiger partial charge < -0.3 is 0 Å². The van der Waals surface area contributed by atoms with Crippen molar-refractivity contribution < 1.29 is 0 Å². The molecule has 0 aliphatic heterocycles. The van der Waals surface area contributed by atoms with Crippen LogP contribution in [0.25, 0.3) is 11.1 Å². The third-order valence-corrected chi connectivity index (χ3v) is 2.73. The van der Waals surface area contributed by atoms with Gasteiger partial charge in [-0.1, -0.05) is 17.7 Å².